The number of amides is 2. The summed E-state index contributed by atoms with van der Waals surface area (Å²) in [5, 5.41) is 6.83. The number of carbonyl (C=O) groups excluding carboxylic acids is 2. The predicted molar refractivity (Wildman–Crippen MR) is 135 cm³/mol. The monoisotopic (exact) mass is 456 g/mol. The quantitative estimate of drug-likeness (QED) is 0.389. The first kappa shape index (κ1) is 23.0. The van der Waals surface area contributed by atoms with Crippen molar-refractivity contribution in [2.75, 3.05) is 29.9 Å². The van der Waals surface area contributed by atoms with Crippen LogP contribution >= 0.6 is 0 Å². The molecule has 0 unspecified atom stereocenters. The van der Waals surface area contributed by atoms with E-state index in [-0.39, 0.29) is 18.4 Å². The van der Waals surface area contributed by atoms with Gasteiger partial charge in [0.05, 0.1) is 6.21 Å². The summed E-state index contributed by atoms with van der Waals surface area (Å²) in [5.74, 6) is 0.0766. The summed E-state index contributed by atoms with van der Waals surface area (Å²) < 4.78 is 5.54. The van der Waals surface area contributed by atoms with Gasteiger partial charge in [0.2, 0.25) is 0 Å². The smallest absolute Gasteiger partial charge is 0.271 e. The maximum atomic E-state index is 12.3. The molecule has 1 heterocycles. The van der Waals surface area contributed by atoms with E-state index in [2.05, 4.69) is 20.7 Å². The lowest BCUT2D eigenvalue weighted by Gasteiger charge is -2.17. The number of anilines is 2. The van der Waals surface area contributed by atoms with Gasteiger partial charge in [0.25, 0.3) is 11.8 Å². The molecule has 2 amide bonds. The van der Waals surface area contributed by atoms with Gasteiger partial charge in [-0.2, -0.15) is 5.10 Å². The molecule has 3 aromatic rings. The van der Waals surface area contributed by atoms with E-state index in [1.54, 1.807) is 30.5 Å². The molecule has 4 rings (SSSR count). The first-order valence-corrected chi connectivity index (χ1v) is 11.3. The number of benzene rings is 3. The van der Waals surface area contributed by atoms with Gasteiger partial charge in [0.15, 0.2) is 6.61 Å². The number of ether oxygens (including phenoxy) is 1. The van der Waals surface area contributed by atoms with Crippen molar-refractivity contribution in [1.29, 1.82) is 0 Å². The second-order valence-corrected chi connectivity index (χ2v) is 8.21. The molecule has 2 N–H and O–H groups in total. The Hall–Kier alpha value is -4.13. The predicted octanol–water partition coefficient (Wildman–Crippen LogP) is 4.38. The summed E-state index contributed by atoms with van der Waals surface area (Å²) in [6.45, 7) is 4.04. The zero-order chi connectivity index (χ0) is 23.8. The fraction of sp³-hybridized carbons (Fsp3) is 0.222. The standard InChI is InChI=1S/C27H28N4O3/c1-20-4-10-23(11-5-20)29-26(32)19-34-25-14-6-21(7-15-25)18-28-30-27(33)22-8-12-24(13-9-22)31-16-2-3-17-31/h4-15,18H,2-3,16-17,19H2,1H3,(H,29,32)(H,30,33)/b28-18-. The van der Waals surface area contributed by atoms with Crippen molar-refractivity contribution >= 4 is 29.4 Å². The average Bonchev–Trinajstić information content (AvgIpc) is 3.40. The molecule has 3 aromatic carbocycles. The van der Waals surface area contributed by atoms with E-state index in [0.29, 0.717) is 11.3 Å². The van der Waals surface area contributed by atoms with Gasteiger partial charge in [-0.15, -0.1) is 0 Å². The van der Waals surface area contributed by atoms with Crippen LogP contribution in [0, 0.1) is 6.92 Å². The van der Waals surface area contributed by atoms with Crippen LogP contribution in [0.5, 0.6) is 5.75 Å². The van der Waals surface area contributed by atoms with Crippen LogP contribution in [-0.4, -0.2) is 37.7 Å². The molecule has 0 bridgehead atoms. The van der Waals surface area contributed by atoms with Crippen LogP contribution in [0.25, 0.3) is 0 Å². The normalized spacial score (nSPS) is 13.1. The Bertz CT molecular complexity index is 1130. The highest BCUT2D eigenvalue weighted by atomic mass is 16.5. The topological polar surface area (TPSA) is 83.0 Å². The number of aryl methyl sites for hydroxylation is 1. The fourth-order valence-corrected chi connectivity index (χ4v) is 3.66. The maximum absolute atomic E-state index is 12.3. The van der Waals surface area contributed by atoms with Gasteiger partial charge in [0.1, 0.15) is 5.75 Å². The minimum atomic E-state index is -0.260. The first-order chi connectivity index (χ1) is 16.6. The van der Waals surface area contributed by atoms with Crippen molar-refractivity contribution in [3.8, 4) is 5.75 Å². The van der Waals surface area contributed by atoms with E-state index in [1.807, 2.05) is 55.5 Å². The Morgan fingerprint density at radius 2 is 1.62 bits per heavy atom. The van der Waals surface area contributed by atoms with Crippen LogP contribution in [0.4, 0.5) is 11.4 Å². The minimum absolute atomic E-state index is 0.0894. The van der Waals surface area contributed by atoms with E-state index < -0.39 is 0 Å². The Labute approximate surface area is 199 Å². The molecule has 0 aliphatic carbocycles. The molecule has 0 radical (unpaired) electrons. The SMILES string of the molecule is Cc1ccc(NC(=O)COc2ccc(/C=N\NC(=O)c3ccc(N4CCCC4)cc3)cc2)cc1. The summed E-state index contributed by atoms with van der Waals surface area (Å²) in [4.78, 5) is 26.7. The average molecular weight is 457 g/mol. The molecule has 0 saturated carbocycles. The summed E-state index contributed by atoms with van der Waals surface area (Å²) in [7, 11) is 0. The first-order valence-electron chi connectivity index (χ1n) is 11.3. The maximum Gasteiger partial charge on any atom is 0.271 e. The van der Waals surface area contributed by atoms with Crippen molar-refractivity contribution in [2.24, 2.45) is 5.10 Å². The summed E-state index contributed by atoms with van der Waals surface area (Å²) in [6.07, 6.45) is 3.99. The lowest BCUT2D eigenvalue weighted by molar-refractivity contribution is -0.118. The molecule has 7 nitrogen and oxygen atoms in total. The number of carbonyl (C=O) groups is 2. The zero-order valence-corrected chi connectivity index (χ0v) is 19.2. The molecule has 0 aromatic heterocycles. The van der Waals surface area contributed by atoms with Gasteiger partial charge < -0.3 is 15.0 Å². The van der Waals surface area contributed by atoms with Gasteiger partial charge in [-0.1, -0.05) is 17.7 Å². The van der Waals surface area contributed by atoms with Gasteiger partial charge in [-0.3, -0.25) is 9.59 Å². The lowest BCUT2D eigenvalue weighted by atomic mass is 10.2. The Morgan fingerprint density at radius 3 is 2.29 bits per heavy atom. The van der Waals surface area contributed by atoms with Gasteiger partial charge in [0, 0.05) is 30.0 Å². The fourth-order valence-electron chi connectivity index (χ4n) is 3.66. The summed E-state index contributed by atoms with van der Waals surface area (Å²) >= 11 is 0. The van der Waals surface area contributed by atoms with Crippen LogP contribution in [-0.2, 0) is 4.79 Å². The van der Waals surface area contributed by atoms with E-state index in [0.717, 1.165) is 35.6 Å². The van der Waals surface area contributed by atoms with Crippen molar-refractivity contribution < 1.29 is 14.3 Å². The lowest BCUT2D eigenvalue weighted by Crippen LogP contribution is -2.20. The van der Waals surface area contributed by atoms with Crippen molar-refractivity contribution in [1.82, 2.24) is 5.43 Å². The summed E-state index contributed by atoms with van der Waals surface area (Å²) in [6, 6.07) is 22.3. The van der Waals surface area contributed by atoms with E-state index in [9.17, 15) is 9.59 Å². The third-order valence-electron chi connectivity index (χ3n) is 5.57. The van der Waals surface area contributed by atoms with Crippen molar-refractivity contribution in [2.45, 2.75) is 19.8 Å². The van der Waals surface area contributed by atoms with E-state index in [1.165, 1.54) is 12.8 Å². The molecule has 174 valence electrons. The zero-order valence-electron chi connectivity index (χ0n) is 19.2. The molecular formula is C27H28N4O3. The molecule has 1 saturated heterocycles. The van der Waals surface area contributed by atoms with Gasteiger partial charge in [-0.25, -0.2) is 5.43 Å². The summed E-state index contributed by atoms with van der Waals surface area (Å²) in [5.41, 5.74) is 6.91. The number of rotatable bonds is 8. The Balaban J connectivity index is 1.22. The van der Waals surface area contributed by atoms with Crippen molar-refractivity contribution in [3.05, 3.63) is 89.5 Å². The number of hydrogen-bond acceptors (Lipinski definition) is 5. The molecular weight excluding hydrogens is 428 g/mol. The molecule has 1 aliphatic heterocycles. The molecule has 1 fully saturated rings. The second kappa shape index (κ2) is 11.1. The highest BCUT2D eigenvalue weighted by Crippen LogP contribution is 2.20. The number of hydrogen-bond donors (Lipinski definition) is 2. The van der Waals surface area contributed by atoms with Crippen molar-refractivity contribution in [3.63, 3.8) is 0 Å². The number of nitrogens with zero attached hydrogens (tertiary/aromatic N) is 2. The van der Waals surface area contributed by atoms with Crippen LogP contribution in [0.2, 0.25) is 0 Å². The highest BCUT2D eigenvalue weighted by molar-refractivity contribution is 5.95. The third-order valence-corrected chi connectivity index (χ3v) is 5.57. The van der Waals surface area contributed by atoms with Crippen LogP contribution in [0.3, 0.4) is 0 Å². The largest absolute Gasteiger partial charge is 0.484 e. The molecule has 0 spiro atoms. The minimum Gasteiger partial charge on any atom is -0.484 e. The van der Waals surface area contributed by atoms with E-state index in [4.69, 9.17) is 4.74 Å². The van der Waals surface area contributed by atoms with Gasteiger partial charge >= 0.3 is 0 Å². The second-order valence-electron chi connectivity index (χ2n) is 8.21. The Kier molecular flexibility index (Phi) is 7.55. The highest BCUT2D eigenvalue weighted by Gasteiger charge is 2.13. The molecule has 1 aliphatic rings. The third kappa shape index (κ3) is 6.45. The molecule has 0 atom stereocenters. The van der Waals surface area contributed by atoms with Gasteiger partial charge in [-0.05, 0) is 86.0 Å². The number of nitrogens with one attached hydrogen (secondary N) is 2. The van der Waals surface area contributed by atoms with Crippen LogP contribution < -0.4 is 20.4 Å². The van der Waals surface area contributed by atoms with Crippen LogP contribution in [0.15, 0.2) is 77.9 Å². The molecule has 7 heteroatoms. The van der Waals surface area contributed by atoms with Crippen LogP contribution in [0.1, 0.15) is 34.3 Å². The molecule has 34 heavy (non-hydrogen) atoms. The Morgan fingerprint density at radius 1 is 0.941 bits per heavy atom. The number of hydrazone groups is 1. The van der Waals surface area contributed by atoms with E-state index >= 15 is 0 Å².